The molecule has 2 atom stereocenters. The number of hydrogen-bond donors (Lipinski definition) is 1. The summed E-state index contributed by atoms with van der Waals surface area (Å²) < 4.78 is 0. The standard InChI is InChI=1S/C14H27N3/c1-12(2)16-14(4,11-15)8-6-10-17-9-5-7-13(17)3/h12-13,16H,5-10H2,1-4H3. The summed E-state index contributed by atoms with van der Waals surface area (Å²) in [6, 6.07) is 3.52. The van der Waals surface area contributed by atoms with Gasteiger partial charge in [-0.25, -0.2) is 0 Å². The van der Waals surface area contributed by atoms with Crippen molar-refractivity contribution in [3.05, 3.63) is 0 Å². The molecule has 0 radical (unpaired) electrons. The molecule has 2 unspecified atom stereocenters. The molecule has 1 saturated heterocycles. The highest BCUT2D eigenvalue weighted by Crippen LogP contribution is 2.19. The highest BCUT2D eigenvalue weighted by Gasteiger charge is 2.25. The van der Waals surface area contributed by atoms with Crippen LogP contribution in [0.1, 0.15) is 53.4 Å². The Hall–Kier alpha value is -0.590. The summed E-state index contributed by atoms with van der Waals surface area (Å²) in [5.74, 6) is 0. The van der Waals surface area contributed by atoms with E-state index in [9.17, 15) is 5.26 Å². The number of hydrogen-bond acceptors (Lipinski definition) is 3. The van der Waals surface area contributed by atoms with Crippen LogP contribution in [-0.2, 0) is 0 Å². The predicted molar refractivity (Wildman–Crippen MR) is 71.8 cm³/mol. The van der Waals surface area contributed by atoms with E-state index in [0.717, 1.165) is 25.4 Å². The van der Waals surface area contributed by atoms with Gasteiger partial charge in [-0.05, 0) is 66.5 Å². The summed E-state index contributed by atoms with van der Waals surface area (Å²) in [5.41, 5.74) is -0.364. The largest absolute Gasteiger partial charge is 0.301 e. The number of likely N-dealkylation sites (tertiary alicyclic amines) is 1. The quantitative estimate of drug-likeness (QED) is 0.771. The van der Waals surface area contributed by atoms with E-state index in [4.69, 9.17) is 0 Å². The van der Waals surface area contributed by atoms with E-state index in [-0.39, 0.29) is 5.54 Å². The van der Waals surface area contributed by atoms with Crippen molar-refractivity contribution in [2.24, 2.45) is 0 Å². The Morgan fingerprint density at radius 3 is 2.71 bits per heavy atom. The molecular weight excluding hydrogens is 210 g/mol. The van der Waals surface area contributed by atoms with Crippen molar-refractivity contribution in [2.45, 2.75) is 71.0 Å². The molecule has 0 saturated carbocycles. The van der Waals surface area contributed by atoms with E-state index in [1.165, 1.54) is 19.4 Å². The molecule has 1 fully saturated rings. The molecule has 0 amide bonds. The van der Waals surface area contributed by atoms with Gasteiger partial charge in [0.05, 0.1) is 6.07 Å². The Balaban J connectivity index is 2.30. The first-order valence-corrected chi connectivity index (χ1v) is 6.90. The summed E-state index contributed by atoms with van der Waals surface area (Å²) in [4.78, 5) is 2.55. The summed E-state index contributed by atoms with van der Waals surface area (Å²) >= 11 is 0. The van der Waals surface area contributed by atoms with Crippen molar-refractivity contribution >= 4 is 0 Å². The second-order valence-corrected chi connectivity index (χ2v) is 5.87. The van der Waals surface area contributed by atoms with Gasteiger partial charge in [-0.3, -0.25) is 5.32 Å². The van der Waals surface area contributed by atoms with Crippen LogP contribution in [0.3, 0.4) is 0 Å². The van der Waals surface area contributed by atoms with E-state index in [1.807, 2.05) is 6.92 Å². The number of nitrogens with one attached hydrogen (secondary N) is 1. The van der Waals surface area contributed by atoms with Gasteiger partial charge in [-0.1, -0.05) is 0 Å². The van der Waals surface area contributed by atoms with Gasteiger partial charge >= 0.3 is 0 Å². The first-order valence-electron chi connectivity index (χ1n) is 6.90. The lowest BCUT2D eigenvalue weighted by Gasteiger charge is -2.27. The van der Waals surface area contributed by atoms with Crippen LogP contribution in [0.5, 0.6) is 0 Å². The summed E-state index contributed by atoms with van der Waals surface area (Å²) in [6.07, 6.45) is 4.71. The number of rotatable bonds is 6. The van der Waals surface area contributed by atoms with Crippen molar-refractivity contribution in [3.8, 4) is 6.07 Å². The molecule has 17 heavy (non-hydrogen) atoms. The summed E-state index contributed by atoms with van der Waals surface area (Å²) in [7, 11) is 0. The molecule has 0 aliphatic carbocycles. The minimum atomic E-state index is -0.364. The zero-order valence-corrected chi connectivity index (χ0v) is 11.8. The maximum absolute atomic E-state index is 9.25. The van der Waals surface area contributed by atoms with Crippen LogP contribution < -0.4 is 5.32 Å². The lowest BCUT2D eigenvalue weighted by molar-refractivity contribution is 0.250. The average Bonchev–Trinajstić information content (AvgIpc) is 2.63. The van der Waals surface area contributed by atoms with Gasteiger partial charge in [0.1, 0.15) is 5.54 Å². The molecule has 1 rings (SSSR count). The molecule has 1 heterocycles. The topological polar surface area (TPSA) is 39.1 Å². The molecule has 1 aliphatic rings. The third kappa shape index (κ3) is 4.65. The predicted octanol–water partition coefficient (Wildman–Crippen LogP) is 2.53. The van der Waals surface area contributed by atoms with Gasteiger partial charge in [-0.15, -0.1) is 0 Å². The minimum absolute atomic E-state index is 0.364. The Labute approximate surface area is 106 Å². The fourth-order valence-corrected chi connectivity index (χ4v) is 2.76. The zero-order valence-electron chi connectivity index (χ0n) is 11.8. The van der Waals surface area contributed by atoms with Gasteiger partial charge in [0.2, 0.25) is 0 Å². The highest BCUT2D eigenvalue weighted by molar-refractivity contribution is 5.04. The number of nitrogens with zero attached hydrogens (tertiary/aromatic N) is 2. The van der Waals surface area contributed by atoms with Crippen molar-refractivity contribution < 1.29 is 0 Å². The van der Waals surface area contributed by atoms with Crippen molar-refractivity contribution in [2.75, 3.05) is 13.1 Å². The SMILES string of the molecule is CC(C)NC(C)(C#N)CCCN1CCCC1C. The third-order valence-corrected chi connectivity index (χ3v) is 3.67. The summed E-state index contributed by atoms with van der Waals surface area (Å²) in [6.45, 7) is 10.9. The minimum Gasteiger partial charge on any atom is -0.301 e. The van der Waals surface area contributed by atoms with Crippen LogP contribution in [-0.4, -0.2) is 35.6 Å². The molecule has 3 heteroatoms. The lowest BCUT2D eigenvalue weighted by atomic mass is 9.96. The van der Waals surface area contributed by atoms with Crippen molar-refractivity contribution in [3.63, 3.8) is 0 Å². The van der Waals surface area contributed by atoms with Crippen molar-refractivity contribution in [1.82, 2.24) is 10.2 Å². The molecule has 0 bridgehead atoms. The molecule has 98 valence electrons. The molecule has 0 aromatic heterocycles. The van der Waals surface area contributed by atoms with Crippen LogP contribution in [0.25, 0.3) is 0 Å². The van der Waals surface area contributed by atoms with Gasteiger partial charge in [0, 0.05) is 12.1 Å². The molecule has 1 N–H and O–H groups in total. The van der Waals surface area contributed by atoms with Crippen LogP contribution in [0, 0.1) is 11.3 Å². The first-order chi connectivity index (χ1) is 7.97. The second-order valence-electron chi connectivity index (χ2n) is 5.87. The molecule has 3 nitrogen and oxygen atoms in total. The molecular formula is C14H27N3. The van der Waals surface area contributed by atoms with Crippen LogP contribution >= 0.6 is 0 Å². The molecule has 0 aromatic carbocycles. The van der Waals surface area contributed by atoms with E-state index in [2.05, 4.69) is 37.1 Å². The van der Waals surface area contributed by atoms with Crippen LogP contribution in [0.2, 0.25) is 0 Å². The summed E-state index contributed by atoms with van der Waals surface area (Å²) in [5, 5.41) is 12.6. The fourth-order valence-electron chi connectivity index (χ4n) is 2.76. The fraction of sp³-hybridized carbons (Fsp3) is 0.929. The number of nitriles is 1. The normalized spacial score (nSPS) is 24.8. The van der Waals surface area contributed by atoms with Crippen LogP contribution in [0.4, 0.5) is 0 Å². The third-order valence-electron chi connectivity index (χ3n) is 3.67. The van der Waals surface area contributed by atoms with Gasteiger partial charge < -0.3 is 4.90 Å². The van der Waals surface area contributed by atoms with Crippen molar-refractivity contribution in [1.29, 1.82) is 5.26 Å². The van der Waals surface area contributed by atoms with Gasteiger partial charge in [0.25, 0.3) is 0 Å². The Morgan fingerprint density at radius 2 is 2.24 bits per heavy atom. The first kappa shape index (κ1) is 14.5. The smallest absolute Gasteiger partial charge is 0.104 e. The molecule has 0 aromatic rings. The van der Waals surface area contributed by atoms with E-state index >= 15 is 0 Å². The maximum atomic E-state index is 9.25. The molecule has 0 spiro atoms. The average molecular weight is 237 g/mol. The van der Waals surface area contributed by atoms with Crippen LogP contribution in [0.15, 0.2) is 0 Å². The highest BCUT2D eigenvalue weighted by atomic mass is 15.2. The molecule has 1 aliphatic heterocycles. The zero-order chi connectivity index (χ0) is 12.9. The van der Waals surface area contributed by atoms with E-state index < -0.39 is 0 Å². The Kier molecular flexibility index (Phi) is 5.42. The van der Waals surface area contributed by atoms with E-state index in [0.29, 0.717) is 6.04 Å². The monoisotopic (exact) mass is 237 g/mol. The lowest BCUT2D eigenvalue weighted by Crippen LogP contribution is -2.45. The Bertz CT molecular complexity index is 269. The van der Waals surface area contributed by atoms with Gasteiger partial charge in [-0.2, -0.15) is 5.26 Å². The second kappa shape index (κ2) is 6.37. The van der Waals surface area contributed by atoms with Gasteiger partial charge in [0.15, 0.2) is 0 Å². The van der Waals surface area contributed by atoms with E-state index in [1.54, 1.807) is 0 Å². The maximum Gasteiger partial charge on any atom is 0.104 e. The Morgan fingerprint density at radius 1 is 1.53 bits per heavy atom.